The van der Waals surface area contributed by atoms with E-state index in [9.17, 15) is 4.79 Å². The van der Waals surface area contributed by atoms with Crippen molar-refractivity contribution in [2.24, 2.45) is 0 Å². The summed E-state index contributed by atoms with van der Waals surface area (Å²) in [6.45, 7) is 0. The Balaban J connectivity index is 1.69. The van der Waals surface area contributed by atoms with Gasteiger partial charge in [-0.25, -0.2) is 4.68 Å². The summed E-state index contributed by atoms with van der Waals surface area (Å²) < 4.78 is 2.17. The van der Waals surface area contributed by atoms with E-state index < -0.39 is 0 Å². The highest BCUT2D eigenvalue weighted by Crippen LogP contribution is 2.28. The zero-order valence-electron chi connectivity index (χ0n) is 13.7. The fourth-order valence-electron chi connectivity index (χ4n) is 2.24. The molecule has 0 atom stereocenters. The molecule has 1 amide bonds. The van der Waals surface area contributed by atoms with Crippen molar-refractivity contribution in [2.75, 3.05) is 16.9 Å². The number of nitrogen functional groups attached to an aromatic ring is 1. The number of benzene rings is 2. The topological polar surface area (TPSA) is 110 Å². The first-order chi connectivity index (χ1) is 13.0. The number of nitrogens with one attached hydrogen (secondary N) is 1. The van der Waals surface area contributed by atoms with Crippen molar-refractivity contribution in [2.45, 2.75) is 5.16 Å². The molecule has 0 unspecified atom stereocenters. The van der Waals surface area contributed by atoms with Gasteiger partial charge in [-0.2, -0.15) is 5.26 Å². The van der Waals surface area contributed by atoms with Crippen molar-refractivity contribution >= 4 is 50.9 Å². The Morgan fingerprint density at radius 2 is 2.11 bits per heavy atom. The van der Waals surface area contributed by atoms with Crippen molar-refractivity contribution in [3.8, 4) is 17.5 Å². The van der Waals surface area contributed by atoms with E-state index in [-0.39, 0.29) is 11.7 Å². The van der Waals surface area contributed by atoms with Crippen LogP contribution in [0.25, 0.3) is 11.4 Å². The average Bonchev–Trinajstić information content (AvgIpc) is 3.01. The number of nitriles is 1. The highest BCUT2D eigenvalue weighted by atomic mass is 79.9. The summed E-state index contributed by atoms with van der Waals surface area (Å²) in [6, 6.07) is 14.2. The maximum atomic E-state index is 12.2. The normalized spacial score (nSPS) is 10.4. The largest absolute Gasteiger partial charge is 0.335 e. The van der Waals surface area contributed by atoms with Gasteiger partial charge >= 0.3 is 0 Å². The minimum absolute atomic E-state index is 0.0443. The molecule has 136 valence electrons. The number of aromatic nitrogens is 3. The molecule has 3 N–H and O–H groups in total. The molecule has 3 aromatic rings. The lowest BCUT2D eigenvalue weighted by Crippen LogP contribution is -2.17. The van der Waals surface area contributed by atoms with Gasteiger partial charge in [0.15, 0.2) is 5.82 Å². The lowest BCUT2D eigenvalue weighted by atomic mass is 10.2. The number of thioether (sulfide) groups is 1. The SMILES string of the molecule is N#Cc1ccc(Cl)cc1NC(=O)CSc1nnc(-c2ccccc2Br)n1N. The predicted molar refractivity (Wildman–Crippen MR) is 109 cm³/mol. The second-order valence-electron chi connectivity index (χ2n) is 5.29. The molecule has 27 heavy (non-hydrogen) atoms. The number of anilines is 1. The molecular formula is C17H12BrClN6OS. The van der Waals surface area contributed by atoms with Crippen LogP contribution in [0.15, 0.2) is 52.1 Å². The van der Waals surface area contributed by atoms with Crippen LogP contribution in [0.1, 0.15) is 5.56 Å². The van der Waals surface area contributed by atoms with Gasteiger partial charge < -0.3 is 11.2 Å². The van der Waals surface area contributed by atoms with Crippen LogP contribution in [-0.4, -0.2) is 26.5 Å². The zero-order chi connectivity index (χ0) is 19.4. The van der Waals surface area contributed by atoms with Crippen LogP contribution in [0.4, 0.5) is 5.69 Å². The monoisotopic (exact) mass is 462 g/mol. The standard InChI is InChI=1S/C17H12BrClN6OS/c18-13-4-2-1-3-12(13)16-23-24-17(25(16)21)27-9-15(26)22-14-7-11(19)6-5-10(14)8-20/h1-7H,9,21H2,(H,22,26). The van der Waals surface area contributed by atoms with Crippen molar-refractivity contribution in [1.82, 2.24) is 14.9 Å². The van der Waals surface area contributed by atoms with E-state index >= 15 is 0 Å². The van der Waals surface area contributed by atoms with Gasteiger partial charge in [0, 0.05) is 15.1 Å². The quantitative estimate of drug-likeness (QED) is 0.441. The Labute approximate surface area is 172 Å². The summed E-state index contributed by atoms with van der Waals surface area (Å²) >= 11 is 10.5. The van der Waals surface area contributed by atoms with Gasteiger partial charge in [0.25, 0.3) is 0 Å². The first-order valence-corrected chi connectivity index (χ1v) is 9.73. The third kappa shape index (κ3) is 4.42. The molecule has 0 aliphatic heterocycles. The third-order valence-electron chi connectivity index (χ3n) is 3.49. The Hall–Kier alpha value is -2.54. The molecule has 0 fully saturated rings. The van der Waals surface area contributed by atoms with Crippen LogP contribution in [0.2, 0.25) is 5.02 Å². The molecule has 1 heterocycles. The number of rotatable bonds is 5. The van der Waals surface area contributed by atoms with Crippen LogP contribution < -0.4 is 11.2 Å². The van der Waals surface area contributed by atoms with E-state index in [1.807, 2.05) is 30.3 Å². The van der Waals surface area contributed by atoms with Crippen molar-refractivity contribution in [3.63, 3.8) is 0 Å². The van der Waals surface area contributed by atoms with Crippen molar-refractivity contribution in [3.05, 3.63) is 57.5 Å². The summed E-state index contributed by atoms with van der Waals surface area (Å²) in [5.74, 6) is 6.27. The molecule has 0 bridgehead atoms. The molecule has 10 heteroatoms. The molecule has 2 aromatic carbocycles. The molecule has 0 spiro atoms. The number of nitrogens with two attached hydrogens (primary N) is 1. The number of carbonyl (C=O) groups excluding carboxylic acids is 1. The van der Waals surface area contributed by atoms with Crippen LogP contribution in [0.3, 0.4) is 0 Å². The fraction of sp³-hybridized carbons (Fsp3) is 0.0588. The Morgan fingerprint density at radius 1 is 1.33 bits per heavy atom. The zero-order valence-corrected chi connectivity index (χ0v) is 16.8. The van der Waals surface area contributed by atoms with Gasteiger partial charge in [0.1, 0.15) is 6.07 Å². The molecule has 0 aliphatic carbocycles. The highest BCUT2D eigenvalue weighted by molar-refractivity contribution is 9.10. The van der Waals surface area contributed by atoms with E-state index in [2.05, 4.69) is 31.4 Å². The van der Waals surface area contributed by atoms with Crippen LogP contribution in [0, 0.1) is 11.3 Å². The third-order valence-corrected chi connectivity index (χ3v) is 5.36. The van der Waals surface area contributed by atoms with Gasteiger partial charge in [0.2, 0.25) is 11.1 Å². The van der Waals surface area contributed by atoms with E-state index in [1.165, 1.54) is 10.7 Å². The average molecular weight is 464 g/mol. The molecule has 0 aliphatic rings. The predicted octanol–water partition coefficient (Wildman–Crippen LogP) is 3.68. The first-order valence-electron chi connectivity index (χ1n) is 7.57. The summed E-state index contributed by atoms with van der Waals surface area (Å²) in [7, 11) is 0. The maximum absolute atomic E-state index is 12.2. The summed E-state index contributed by atoms with van der Waals surface area (Å²) in [5, 5.41) is 20.7. The fourth-order valence-corrected chi connectivity index (χ4v) is 3.53. The summed E-state index contributed by atoms with van der Waals surface area (Å²) in [6.07, 6.45) is 0. The minimum Gasteiger partial charge on any atom is -0.335 e. The van der Waals surface area contributed by atoms with Crippen molar-refractivity contribution < 1.29 is 4.79 Å². The van der Waals surface area contributed by atoms with E-state index in [1.54, 1.807) is 12.1 Å². The highest BCUT2D eigenvalue weighted by Gasteiger charge is 2.16. The second kappa shape index (κ2) is 8.43. The summed E-state index contributed by atoms with van der Waals surface area (Å²) in [4.78, 5) is 12.2. The van der Waals surface area contributed by atoms with Crippen molar-refractivity contribution in [1.29, 1.82) is 5.26 Å². The molecule has 3 rings (SSSR count). The number of halogens is 2. The summed E-state index contributed by atoms with van der Waals surface area (Å²) in [5.41, 5.74) is 1.48. The molecule has 0 saturated carbocycles. The molecular weight excluding hydrogens is 452 g/mol. The van der Waals surface area contributed by atoms with Gasteiger partial charge in [0.05, 0.1) is 17.0 Å². The van der Waals surface area contributed by atoms with Gasteiger partial charge in [-0.15, -0.1) is 10.2 Å². The second-order valence-corrected chi connectivity index (χ2v) is 7.53. The van der Waals surface area contributed by atoms with Gasteiger partial charge in [-0.3, -0.25) is 4.79 Å². The molecule has 0 radical (unpaired) electrons. The molecule has 0 saturated heterocycles. The van der Waals surface area contributed by atoms with Gasteiger partial charge in [-0.05, 0) is 30.3 Å². The van der Waals surface area contributed by atoms with E-state index in [0.29, 0.717) is 27.3 Å². The minimum atomic E-state index is -0.316. The van der Waals surface area contributed by atoms with Gasteiger partial charge in [-0.1, -0.05) is 51.4 Å². The Bertz CT molecular complexity index is 1050. The van der Waals surface area contributed by atoms with E-state index in [4.69, 9.17) is 22.7 Å². The molecule has 7 nitrogen and oxygen atoms in total. The number of hydrogen-bond acceptors (Lipinski definition) is 6. The number of amides is 1. The van der Waals surface area contributed by atoms with Crippen LogP contribution in [-0.2, 0) is 4.79 Å². The Morgan fingerprint density at radius 3 is 2.85 bits per heavy atom. The lowest BCUT2D eigenvalue weighted by molar-refractivity contribution is -0.113. The number of hydrogen-bond donors (Lipinski definition) is 2. The van der Waals surface area contributed by atoms with E-state index in [0.717, 1.165) is 21.8 Å². The molecule has 1 aromatic heterocycles. The van der Waals surface area contributed by atoms with Crippen LogP contribution >= 0.6 is 39.3 Å². The smallest absolute Gasteiger partial charge is 0.234 e. The first kappa shape index (κ1) is 19.2. The number of carbonyl (C=O) groups is 1. The number of nitrogens with zero attached hydrogens (tertiary/aromatic N) is 4. The Kier molecular flexibility index (Phi) is 6.01. The lowest BCUT2D eigenvalue weighted by Gasteiger charge is -2.08. The maximum Gasteiger partial charge on any atom is 0.234 e. The van der Waals surface area contributed by atoms with Crippen LogP contribution in [0.5, 0.6) is 0 Å².